The Morgan fingerprint density at radius 1 is 1.00 bits per heavy atom. The van der Waals surface area contributed by atoms with E-state index in [9.17, 15) is 0 Å². The maximum atomic E-state index is 6.25. The van der Waals surface area contributed by atoms with Gasteiger partial charge in [-0.1, -0.05) is 59.9 Å². The molecule has 0 spiro atoms. The first-order valence-electron chi connectivity index (χ1n) is 6.53. The van der Waals surface area contributed by atoms with Gasteiger partial charge in [0.1, 0.15) is 0 Å². The molecule has 2 aromatic rings. The van der Waals surface area contributed by atoms with Gasteiger partial charge in [0.25, 0.3) is 0 Å². The van der Waals surface area contributed by atoms with Crippen molar-refractivity contribution in [3.05, 3.63) is 68.7 Å². The first-order valence-corrected chi connectivity index (χ1v) is 7.66. The van der Waals surface area contributed by atoms with E-state index in [-0.39, 0.29) is 6.04 Å². The lowest BCUT2D eigenvalue weighted by atomic mass is 9.99. The molecule has 0 saturated carbocycles. The molecule has 1 N–H and O–H groups in total. The summed E-state index contributed by atoms with van der Waals surface area (Å²) in [7, 11) is 0. The van der Waals surface area contributed by atoms with Gasteiger partial charge in [0, 0.05) is 21.1 Å². The summed E-state index contributed by atoms with van der Waals surface area (Å²) >= 11 is 18.3. The third kappa shape index (κ3) is 4.13. The van der Waals surface area contributed by atoms with Gasteiger partial charge in [-0.3, -0.25) is 0 Å². The third-order valence-electron chi connectivity index (χ3n) is 3.14. The van der Waals surface area contributed by atoms with Gasteiger partial charge in [0.15, 0.2) is 0 Å². The molecule has 0 amide bonds. The zero-order valence-electron chi connectivity index (χ0n) is 11.2. The number of hydrogen-bond donors (Lipinski definition) is 1. The Morgan fingerprint density at radius 3 is 2.40 bits per heavy atom. The maximum Gasteiger partial charge on any atom is 0.0453 e. The predicted octanol–water partition coefficient (Wildman–Crippen LogP) is 5.54. The van der Waals surface area contributed by atoms with Crippen molar-refractivity contribution >= 4 is 34.8 Å². The lowest BCUT2D eigenvalue weighted by molar-refractivity contribution is 0.550. The van der Waals surface area contributed by atoms with Crippen molar-refractivity contribution in [3.63, 3.8) is 0 Å². The summed E-state index contributed by atoms with van der Waals surface area (Å²) < 4.78 is 0. The van der Waals surface area contributed by atoms with Crippen LogP contribution in [0.3, 0.4) is 0 Å². The molecule has 1 unspecified atom stereocenters. The molecule has 0 radical (unpaired) electrons. The standard InChI is InChI=1S/C16H16Cl3N/c1-2-20-16(12-4-3-5-13(17)8-12)9-11-6-7-14(18)10-15(11)19/h3-8,10,16,20H,2,9H2,1H3. The van der Waals surface area contributed by atoms with Crippen LogP contribution in [0.25, 0.3) is 0 Å². The Morgan fingerprint density at radius 2 is 1.75 bits per heavy atom. The second-order valence-corrected chi connectivity index (χ2v) is 5.89. The number of hydrogen-bond acceptors (Lipinski definition) is 1. The van der Waals surface area contributed by atoms with E-state index in [4.69, 9.17) is 34.8 Å². The third-order valence-corrected chi connectivity index (χ3v) is 3.96. The quantitative estimate of drug-likeness (QED) is 0.760. The average Bonchev–Trinajstić information content (AvgIpc) is 2.41. The molecule has 1 atom stereocenters. The van der Waals surface area contributed by atoms with Gasteiger partial charge >= 0.3 is 0 Å². The highest BCUT2D eigenvalue weighted by molar-refractivity contribution is 6.35. The number of halogens is 3. The molecule has 0 bridgehead atoms. The molecule has 0 fully saturated rings. The first-order chi connectivity index (χ1) is 9.60. The summed E-state index contributed by atoms with van der Waals surface area (Å²) in [6, 6.07) is 13.7. The van der Waals surface area contributed by atoms with Gasteiger partial charge in [-0.05, 0) is 48.4 Å². The first kappa shape index (κ1) is 15.7. The summed E-state index contributed by atoms with van der Waals surface area (Å²) in [5, 5.41) is 5.56. The molecular formula is C16H16Cl3N. The Kier molecular flexibility index (Phi) is 5.74. The summed E-state index contributed by atoms with van der Waals surface area (Å²) in [5.74, 6) is 0. The fraction of sp³-hybridized carbons (Fsp3) is 0.250. The highest BCUT2D eigenvalue weighted by Crippen LogP contribution is 2.27. The largest absolute Gasteiger partial charge is 0.310 e. The number of rotatable bonds is 5. The summed E-state index contributed by atoms with van der Waals surface area (Å²) in [6.45, 7) is 2.96. The fourth-order valence-electron chi connectivity index (χ4n) is 2.18. The fourth-order valence-corrected chi connectivity index (χ4v) is 2.87. The molecule has 0 aromatic heterocycles. The molecule has 106 valence electrons. The van der Waals surface area contributed by atoms with Crippen molar-refractivity contribution in [2.24, 2.45) is 0 Å². The van der Waals surface area contributed by atoms with E-state index in [1.807, 2.05) is 30.3 Å². The topological polar surface area (TPSA) is 12.0 Å². The van der Waals surface area contributed by atoms with E-state index in [0.717, 1.165) is 29.1 Å². The Hall–Kier alpha value is -0.730. The molecule has 0 saturated heterocycles. The molecule has 1 nitrogen and oxygen atoms in total. The Balaban J connectivity index is 2.25. The van der Waals surface area contributed by atoms with Crippen molar-refractivity contribution < 1.29 is 0 Å². The Labute approximate surface area is 134 Å². The van der Waals surface area contributed by atoms with Crippen molar-refractivity contribution in [1.82, 2.24) is 5.32 Å². The zero-order chi connectivity index (χ0) is 14.5. The molecule has 0 aliphatic carbocycles. The zero-order valence-corrected chi connectivity index (χ0v) is 13.4. The van der Waals surface area contributed by atoms with Crippen molar-refractivity contribution in [2.45, 2.75) is 19.4 Å². The van der Waals surface area contributed by atoms with Crippen LogP contribution in [0.5, 0.6) is 0 Å². The van der Waals surface area contributed by atoms with Gasteiger partial charge in [-0.2, -0.15) is 0 Å². The van der Waals surface area contributed by atoms with Crippen LogP contribution < -0.4 is 5.32 Å². The lowest BCUT2D eigenvalue weighted by Crippen LogP contribution is -2.23. The van der Waals surface area contributed by atoms with E-state index < -0.39 is 0 Å². The van der Waals surface area contributed by atoms with Gasteiger partial charge in [0.2, 0.25) is 0 Å². The molecule has 2 aromatic carbocycles. The van der Waals surface area contributed by atoms with Gasteiger partial charge in [-0.15, -0.1) is 0 Å². The molecular weight excluding hydrogens is 313 g/mol. The van der Waals surface area contributed by atoms with E-state index in [1.165, 1.54) is 0 Å². The van der Waals surface area contributed by atoms with Crippen LogP contribution in [-0.2, 0) is 6.42 Å². The van der Waals surface area contributed by atoms with Crippen LogP contribution in [-0.4, -0.2) is 6.54 Å². The van der Waals surface area contributed by atoms with Gasteiger partial charge in [-0.25, -0.2) is 0 Å². The van der Waals surface area contributed by atoms with Crippen LogP contribution >= 0.6 is 34.8 Å². The minimum absolute atomic E-state index is 0.178. The maximum absolute atomic E-state index is 6.25. The van der Waals surface area contributed by atoms with E-state index in [2.05, 4.69) is 18.3 Å². The van der Waals surface area contributed by atoms with Crippen LogP contribution in [0, 0.1) is 0 Å². The molecule has 4 heteroatoms. The van der Waals surface area contributed by atoms with Crippen molar-refractivity contribution in [1.29, 1.82) is 0 Å². The van der Waals surface area contributed by atoms with Crippen molar-refractivity contribution in [2.75, 3.05) is 6.54 Å². The normalized spacial score (nSPS) is 12.4. The second kappa shape index (κ2) is 7.33. The predicted molar refractivity (Wildman–Crippen MR) is 88.0 cm³/mol. The highest BCUT2D eigenvalue weighted by Gasteiger charge is 2.13. The molecule has 20 heavy (non-hydrogen) atoms. The van der Waals surface area contributed by atoms with Gasteiger partial charge < -0.3 is 5.32 Å². The minimum atomic E-state index is 0.178. The summed E-state index contributed by atoms with van der Waals surface area (Å²) in [4.78, 5) is 0. The number of benzene rings is 2. The van der Waals surface area contributed by atoms with Crippen LogP contribution in [0.15, 0.2) is 42.5 Å². The summed E-state index contributed by atoms with van der Waals surface area (Å²) in [5.41, 5.74) is 2.23. The van der Waals surface area contributed by atoms with E-state index >= 15 is 0 Å². The minimum Gasteiger partial charge on any atom is -0.310 e. The molecule has 0 aliphatic rings. The van der Waals surface area contributed by atoms with Crippen LogP contribution in [0.1, 0.15) is 24.1 Å². The molecule has 2 rings (SSSR count). The summed E-state index contributed by atoms with van der Waals surface area (Å²) in [6.07, 6.45) is 0.796. The smallest absolute Gasteiger partial charge is 0.0453 e. The van der Waals surface area contributed by atoms with Gasteiger partial charge in [0.05, 0.1) is 0 Å². The average molecular weight is 329 g/mol. The molecule has 0 aliphatic heterocycles. The molecule has 0 heterocycles. The number of nitrogens with one attached hydrogen (secondary N) is 1. The van der Waals surface area contributed by atoms with E-state index in [1.54, 1.807) is 6.07 Å². The number of likely N-dealkylation sites (N-methyl/N-ethyl adjacent to an activating group) is 1. The van der Waals surface area contributed by atoms with E-state index in [0.29, 0.717) is 10.0 Å². The van der Waals surface area contributed by atoms with Crippen molar-refractivity contribution in [3.8, 4) is 0 Å². The van der Waals surface area contributed by atoms with Crippen LogP contribution in [0.4, 0.5) is 0 Å². The SMILES string of the molecule is CCNC(Cc1ccc(Cl)cc1Cl)c1cccc(Cl)c1. The van der Waals surface area contributed by atoms with Crippen LogP contribution in [0.2, 0.25) is 15.1 Å². The Bertz CT molecular complexity index is 584. The highest BCUT2D eigenvalue weighted by atomic mass is 35.5. The monoisotopic (exact) mass is 327 g/mol. The lowest BCUT2D eigenvalue weighted by Gasteiger charge is -2.19. The second-order valence-electron chi connectivity index (χ2n) is 4.61.